The SMILES string of the molecule is O=C(CCl)NCc1cn(-c2cccc(CNC(=O)c3ccn4c3CCCC4)c2)nn1. The van der Waals surface area contributed by atoms with E-state index in [2.05, 4.69) is 25.5 Å². The molecule has 0 radical (unpaired) electrons. The molecule has 0 saturated heterocycles. The van der Waals surface area contributed by atoms with Crippen LogP contribution in [-0.2, 0) is 30.8 Å². The largest absolute Gasteiger partial charge is 0.351 e. The number of halogens is 1. The Morgan fingerprint density at radius 1 is 1.13 bits per heavy atom. The molecule has 2 N–H and O–H groups in total. The molecule has 0 aliphatic carbocycles. The van der Waals surface area contributed by atoms with Crippen LogP contribution in [-0.4, -0.2) is 37.3 Å². The van der Waals surface area contributed by atoms with Crippen LogP contribution in [0.25, 0.3) is 5.69 Å². The Labute approximate surface area is 179 Å². The number of carbonyl (C=O) groups is 2. The van der Waals surface area contributed by atoms with E-state index in [0.717, 1.165) is 41.9 Å². The molecule has 1 aromatic carbocycles. The standard InChI is InChI=1S/C21H23ClN6O2/c22-11-20(29)23-13-16-14-28(26-25-16)17-5-3-4-15(10-17)12-24-21(30)18-7-9-27-8-2-1-6-19(18)27/h3-5,7,9-10,14H,1-2,6,8,11-13H2,(H,23,29)(H,24,30). The number of aromatic nitrogens is 4. The van der Waals surface area contributed by atoms with Gasteiger partial charge in [-0.15, -0.1) is 16.7 Å². The van der Waals surface area contributed by atoms with Crippen molar-refractivity contribution in [2.75, 3.05) is 5.88 Å². The number of nitrogens with one attached hydrogen (secondary N) is 2. The van der Waals surface area contributed by atoms with Crippen LogP contribution < -0.4 is 10.6 Å². The molecule has 1 aliphatic heterocycles. The van der Waals surface area contributed by atoms with Crippen LogP contribution in [0.15, 0.2) is 42.7 Å². The lowest BCUT2D eigenvalue weighted by Crippen LogP contribution is -2.24. The van der Waals surface area contributed by atoms with Gasteiger partial charge in [0.2, 0.25) is 5.91 Å². The van der Waals surface area contributed by atoms with Gasteiger partial charge in [0.15, 0.2) is 0 Å². The molecule has 0 saturated carbocycles. The first-order chi connectivity index (χ1) is 14.6. The average Bonchev–Trinajstić information content (AvgIpc) is 3.43. The molecule has 1 aliphatic rings. The lowest BCUT2D eigenvalue weighted by atomic mass is 10.1. The number of carbonyl (C=O) groups excluding carboxylic acids is 2. The molecule has 0 spiro atoms. The number of benzene rings is 1. The molecular formula is C21H23ClN6O2. The van der Waals surface area contributed by atoms with E-state index in [1.165, 1.54) is 6.42 Å². The van der Waals surface area contributed by atoms with Crippen molar-refractivity contribution in [3.05, 3.63) is 65.2 Å². The Kier molecular flexibility index (Phi) is 6.13. The van der Waals surface area contributed by atoms with Gasteiger partial charge in [-0.05, 0) is 43.0 Å². The minimum Gasteiger partial charge on any atom is -0.351 e. The van der Waals surface area contributed by atoms with Crippen LogP contribution in [0.1, 0.15) is 40.2 Å². The summed E-state index contributed by atoms with van der Waals surface area (Å²) in [6, 6.07) is 9.63. The van der Waals surface area contributed by atoms with Crippen LogP contribution >= 0.6 is 11.6 Å². The number of hydrogen-bond acceptors (Lipinski definition) is 4. The molecule has 3 aromatic rings. The normalized spacial score (nSPS) is 13.0. The van der Waals surface area contributed by atoms with Crippen molar-refractivity contribution in [3.63, 3.8) is 0 Å². The van der Waals surface area contributed by atoms with Gasteiger partial charge in [0, 0.05) is 25.0 Å². The first-order valence-corrected chi connectivity index (χ1v) is 10.5. The van der Waals surface area contributed by atoms with E-state index in [0.29, 0.717) is 12.2 Å². The second-order valence-corrected chi connectivity index (χ2v) is 7.51. The van der Waals surface area contributed by atoms with Crippen molar-refractivity contribution >= 4 is 23.4 Å². The average molecular weight is 427 g/mol. The number of nitrogens with zero attached hydrogens (tertiary/aromatic N) is 4. The van der Waals surface area contributed by atoms with E-state index in [1.54, 1.807) is 10.9 Å². The summed E-state index contributed by atoms with van der Waals surface area (Å²) in [5.41, 5.74) is 4.31. The molecule has 0 bridgehead atoms. The highest BCUT2D eigenvalue weighted by molar-refractivity contribution is 6.27. The third kappa shape index (κ3) is 4.54. The van der Waals surface area contributed by atoms with Crippen LogP contribution in [0, 0.1) is 0 Å². The summed E-state index contributed by atoms with van der Waals surface area (Å²) < 4.78 is 3.81. The fourth-order valence-electron chi connectivity index (χ4n) is 3.60. The molecule has 8 nitrogen and oxygen atoms in total. The Morgan fingerprint density at radius 3 is 2.90 bits per heavy atom. The zero-order chi connectivity index (χ0) is 20.9. The summed E-state index contributed by atoms with van der Waals surface area (Å²) in [6.45, 7) is 1.67. The molecule has 9 heteroatoms. The molecular weight excluding hydrogens is 404 g/mol. The zero-order valence-electron chi connectivity index (χ0n) is 16.5. The maximum absolute atomic E-state index is 12.7. The lowest BCUT2D eigenvalue weighted by Gasteiger charge is -2.16. The summed E-state index contributed by atoms with van der Waals surface area (Å²) in [5.74, 6) is -0.392. The first-order valence-electron chi connectivity index (χ1n) is 9.93. The number of rotatable bonds is 7. The molecule has 2 amide bonds. The smallest absolute Gasteiger partial charge is 0.253 e. The maximum atomic E-state index is 12.7. The highest BCUT2D eigenvalue weighted by Crippen LogP contribution is 2.20. The van der Waals surface area contributed by atoms with Crippen molar-refractivity contribution in [3.8, 4) is 5.69 Å². The number of hydrogen-bond donors (Lipinski definition) is 2. The third-order valence-corrected chi connectivity index (χ3v) is 5.39. The summed E-state index contributed by atoms with van der Waals surface area (Å²) in [5, 5.41) is 13.8. The van der Waals surface area contributed by atoms with Crippen molar-refractivity contribution in [1.29, 1.82) is 0 Å². The van der Waals surface area contributed by atoms with Crippen LogP contribution in [0.3, 0.4) is 0 Å². The van der Waals surface area contributed by atoms with E-state index < -0.39 is 0 Å². The summed E-state index contributed by atoms with van der Waals surface area (Å²) in [4.78, 5) is 23.9. The number of fused-ring (bicyclic) bond motifs is 1. The van der Waals surface area contributed by atoms with Crippen molar-refractivity contribution in [2.24, 2.45) is 0 Å². The summed E-state index contributed by atoms with van der Waals surface area (Å²) >= 11 is 5.47. The zero-order valence-corrected chi connectivity index (χ0v) is 17.2. The van der Waals surface area contributed by atoms with E-state index in [4.69, 9.17) is 11.6 Å². The van der Waals surface area contributed by atoms with Gasteiger partial charge in [0.25, 0.3) is 5.91 Å². The molecule has 0 fully saturated rings. The Balaban J connectivity index is 1.39. The Morgan fingerprint density at radius 2 is 2.03 bits per heavy atom. The summed E-state index contributed by atoms with van der Waals surface area (Å²) in [6.07, 6.45) is 6.99. The van der Waals surface area contributed by atoms with Gasteiger partial charge in [0.05, 0.1) is 24.0 Å². The van der Waals surface area contributed by atoms with Gasteiger partial charge < -0.3 is 15.2 Å². The van der Waals surface area contributed by atoms with E-state index >= 15 is 0 Å². The molecule has 156 valence electrons. The molecule has 0 unspecified atom stereocenters. The third-order valence-electron chi connectivity index (χ3n) is 5.14. The summed E-state index contributed by atoms with van der Waals surface area (Å²) in [7, 11) is 0. The monoisotopic (exact) mass is 426 g/mol. The van der Waals surface area contributed by atoms with E-state index in [9.17, 15) is 9.59 Å². The molecule has 2 aromatic heterocycles. The lowest BCUT2D eigenvalue weighted by molar-refractivity contribution is -0.118. The molecule has 30 heavy (non-hydrogen) atoms. The van der Waals surface area contributed by atoms with Gasteiger partial charge in [-0.25, -0.2) is 4.68 Å². The topological polar surface area (TPSA) is 93.8 Å². The van der Waals surface area contributed by atoms with Crippen molar-refractivity contribution in [2.45, 2.75) is 38.9 Å². The van der Waals surface area contributed by atoms with Crippen molar-refractivity contribution in [1.82, 2.24) is 30.2 Å². The van der Waals surface area contributed by atoms with Gasteiger partial charge in [-0.1, -0.05) is 17.3 Å². The predicted octanol–water partition coefficient (Wildman–Crippen LogP) is 2.19. The minimum absolute atomic E-state index is 0.0471. The molecule has 0 atom stereocenters. The highest BCUT2D eigenvalue weighted by Gasteiger charge is 2.18. The molecule has 4 rings (SSSR count). The minimum atomic E-state index is -0.256. The maximum Gasteiger partial charge on any atom is 0.253 e. The van der Waals surface area contributed by atoms with Crippen LogP contribution in [0.4, 0.5) is 0 Å². The highest BCUT2D eigenvalue weighted by atomic mass is 35.5. The van der Waals surface area contributed by atoms with Crippen molar-refractivity contribution < 1.29 is 9.59 Å². The quantitative estimate of drug-likeness (QED) is 0.566. The second-order valence-electron chi connectivity index (χ2n) is 7.24. The Hall–Kier alpha value is -3.13. The number of aryl methyl sites for hydroxylation is 1. The van der Waals surface area contributed by atoms with Gasteiger partial charge in [0.1, 0.15) is 11.6 Å². The van der Waals surface area contributed by atoms with Crippen LogP contribution in [0.2, 0.25) is 0 Å². The first kappa shape index (κ1) is 20.2. The van der Waals surface area contributed by atoms with E-state index in [-0.39, 0.29) is 24.2 Å². The fourth-order valence-corrected chi connectivity index (χ4v) is 3.70. The van der Waals surface area contributed by atoms with E-state index in [1.807, 2.05) is 36.5 Å². The number of alkyl halides is 1. The fraction of sp³-hybridized carbons (Fsp3) is 0.333. The second kappa shape index (κ2) is 9.13. The number of amides is 2. The van der Waals surface area contributed by atoms with Gasteiger partial charge >= 0.3 is 0 Å². The van der Waals surface area contributed by atoms with Gasteiger partial charge in [-0.2, -0.15) is 0 Å². The molecule has 3 heterocycles. The Bertz CT molecular complexity index is 1060. The van der Waals surface area contributed by atoms with Gasteiger partial charge in [-0.3, -0.25) is 9.59 Å². The predicted molar refractivity (Wildman–Crippen MR) is 112 cm³/mol. The van der Waals surface area contributed by atoms with Crippen LogP contribution in [0.5, 0.6) is 0 Å².